The van der Waals surface area contributed by atoms with E-state index < -0.39 is 60.2 Å². The summed E-state index contributed by atoms with van der Waals surface area (Å²) in [5, 5.41) is 29.0. The largest absolute Gasteiger partial charge is 0.466 e. The van der Waals surface area contributed by atoms with Gasteiger partial charge in [-0.15, -0.1) is 0 Å². The maximum atomic E-state index is 11.9. The van der Waals surface area contributed by atoms with Crippen molar-refractivity contribution in [3.05, 3.63) is 10.4 Å². The Labute approximate surface area is 200 Å². The van der Waals surface area contributed by atoms with E-state index in [2.05, 4.69) is 9.97 Å². The normalized spacial score (nSPS) is 23.5. The van der Waals surface area contributed by atoms with E-state index in [1.54, 1.807) is 11.9 Å². The molecule has 2 aliphatic heterocycles. The van der Waals surface area contributed by atoms with E-state index in [1.807, 2.05) is 0 Å². The molecule has 0 bridgehead atoms. The second kappa shape index (κ2) is 13.3. The highest BCUT2D eigenvalue weighted by Crippen LogP contribution is 2.35. The predicted molar refractivity (Wildman–Crippen MR) is 116 cm³/mol. The summed E-state index contributed by atoms with van der Waals surface area (Å²) in [7, 11) is -12.2. The second-order valence-electron chi connectivity index (χ2n) is 6.70. The van der Waals surface area contributed by atoms with Crippen LogP contribution in [0.25, 0.3) is 0 Å². The number of fused-ring (bicyclic) bond motifs is 1. The molecule has 0 radical (unpaired) electrons. The number of aromatic amines is 1. The molecule has 0 amide bonds. The molecule has 212 valence electrons. The maximum Gasteiger partial charge on any atom is 0.466 e. The summed E-state index contributed by atoms with van der Waals surface area (Å²) in [6.07, 6.45) is -4.26. The van der Waals surface area contributed by atoms with Gasteiger partial charge in [0.2, 0.25) is 5.95 Å². The van der Waals surface area contributed by atoms with Gasteiger partial charge in [0.1, 0.15) is 24.0 Å². The number of rotatable bonds is 2. The lowest BCUT2D eigenvalue weighted by molar-refractivity contribution is -0.0221. The van der Waals surface area contributed by atoms with Crippen molar-refractivity contribution in [3.63, 3.8) is 0 Å². The summed E-state index contributed by atoms with van der Waals surface area (Å²) in [5.41, 5.74) is 5.46. The van der Waals surface area contributed by atoms with Crippen molar-refractivity contribution >= 4 is 40.9 Å². The zero-order chi connectivity index (χ0) is 28.8. The summed E-state index contributed by atoms with van der Waals surface area (Å²) in [6, 6.07) is 0. The van der Waals surface area contributed by atoms with Crippen molar-refractivity contribution in [2.45, 2.75) is 24.5 Å². The molecule has 1 aromatic heterocycles. The molecule has 0 aromatic carbocycles. The molecular formula is C11H26N5O17P3. The summed E-state index contributed by atoms with van der Waals surface area (Å²) >= 11 is 0. The quantitative estimate of drug-likeness (QED) is 0.142. The van der Waals surface area contributed by atoms with E-state index >= 15 is 0 Å². The van der Waals surface area contributed by atoms with Crippen LogP contribution in [0, 0.1) is 0 Å². The second-order valence-corrected chi connectivity index (χ2v) is 9.78. The van der Waals surface area contributed by atoms with Gasteiger partial charge in [-0.3, -0.25) is 9.78 Å². The Hall–Kier alpha value is -1.55. The number of nitrogens with one attached hydrogen (secondary N) is 1. The number of nitrogens with zero attached hydrogens (tertiary/aromatic N) is 3. The third-order valence-corrected chi connectivity index (χ3v) is 3.74. The fourth-order valence-electron chi connectivity index (χ4n) is 2.72. The summed E-state index contributed by atoms with van der Waals surface area (Å²) in [4.78, 5) is 86.3. The number of hydrogen-bond donors (Lipinski definition) is 14. The standard InChI is InChI=1S/C11H17N5O5.3H3O4P/c1-15-3-16(8-5(15)9(20)14-11(12)13-8)10-7(19)6(18)4(2-17)21-10;3*1-5(2,3)4/h4,6-7,10,17-19H,2-3H2,1H3,(H3,12,13,14,20);3*(H3,1,2,3,4)/t4-,6-,7-,10-;;;/m1.../s1. The highest BCUT2D eigenvalue weighted by Gasteiger charge is 2.48. The molecule has 15 N–H and O–H groups in total. The third-order valence-electron chi connectivity index (χ3n) is 3.74. The third kappa shape index (κ3) is 13.7. The van der Waals surface area contributed by atoms with Crippen molar-refractivity contribution in [1.82, 2.24) is 9.97 Å². The molecule has 1 fully saturated rings. The minimum Gasteiger partial charge on any atom is -0.394 e. The van der Waals surface area contributed by atoms with Crippen LogP contribution in [0.5, 0.6) is 0 Å². The number of H-pyrrole nitrogens is 1. The van der Waals surface area contributed by atoms with Gasteiger partial charge < -0.3 is 79.6 Å². The molecule has 4 atom stereocenters. The number of nitrogen functional groups attached to an aromatic ring is 1. The summed E-state index contributed by atoms with van der Waals surface area (Å²) in [5.74, 6) is 0.222. The van der Waals surface area contributed by atoms with E-state index in [4.69, 9.17) is 73.3 Å². The summed E-state index contributed by atoms with van der Waals surface area (Å²) < 4.78 is 32.1. The first-order chi connectivity index (χ1) is 15.9. The number of aromatic nitrogens is 2. The van der Waals surface area contributed by atoms with Crippen LogP contribution in [0.3, 0.4) is 0 Å². The lowest BCUT2D eigenvalue weighted by Crippen LogP contribution is -2.45. The van der Waals surface area contributed by atoms with Crippen molar-refractivity contribution in [3.8, 4) is 0 Å². The zero-order valence-corrected chi connectivity index (χ0v) is 20.6. The van der Waals surface area contributed by atoms with E-state index in [1.165, 1.54) is 4.90 Å². The van der Waals surface area contributed by atoms with Gasteiger partial charge in [-0.2, -0.15) is 4.98 Å². The first-order valence-corrected chi connectivity index (χ1v) is 13.5. The monoisotopic (exact) mass is 593 g/mol. The summed E-state index contributed by atoms with van der Waals surface area (Å²) in [6.45, 7) is -0.183. The van der Waals surface area contributed by atoms with E-state index in [9.17, 15) is 15.0 Å². The molecule has 1 saturated heterocycles. The molecule has 25 heteroatoms. The van der Waals surface area contributed by atoms with Crippen molar-refractivity contribution in [1.29, 1.82) is 0 Å². The molecule has 36 heavy (non-hydrogen) atoms. The Morgan fingerprint density at radius 1 is 0.972 bits per heavy atom. The van der Waals surface area contributed by atoms with Crippen LogP contribution in [0.15, 0.2) is 4.79 Å². The van der Waals surface area contributed by atoms with Gasteiger partial charge in [-0.05, 0) is 0 Å². The van der Waals surface area contributed by atoms with E-state index in [0.29, 0.717) is 5.69 Å². The minimum absolute atomic E-state index is 0.0502. The number of aliphatic hydroxyl groups excluding tert-OH is 3. The Balaban J connectivity index is 0.000000672. The van der Waals surface area contributed by atoms with Crippen molar-refractivity contribution in [2.24, 2.45) is 0 Å². The zero-order valence-electron chi connectivity index (χ0n) is 17.9. The van der Waals surface area contributed by atoms with Crippen LogP contribution in [0.4, 0.5) is 17.5 Å². The minimum atomic E-state index is -4.64. The Bertz CT molecular complexity index is 981. The molecule has 0 unspecified atom stereocenters. The highest BCUT2D eigenvalue weighted by atomic mass is 31.2. The first-order valence-electron chi connectivity index (χ1n) is 8.79. The molecule has 2 aliphatic rings. The molecule has 0 saturated carbocycles. The van der Waals surface area contributed by atoms with Gasteiger partial charge in [0.15, 0.2) is 12.0 Å². The highest BCUT2D eigenvalue weighted by molar-refractivity contribution is 7.45. The average Bonchev–Trinajstić information content (AvgIpc) is 3.08. The number of phosphoric acid groups is 3. The van der Waals surface area contributed by atoms with Crippen LogP contribution in [0.1, 0.15) is 0 Å². The fraction of sp³-hybridized carbons (Fsp3) is 0.636. The molecular weight excluding hydrogens is 567 g/mol. The SMILES string of the molecule is CN1CN([C@@H]2O[C@H](CO)[C@@H](O)[C@H]2O)c2nc(N)[nH]c(=O)c21.O=P(O)(O)O.O=P(O)(O)O.O=P(O)(O)O. The predicted octanol–water partition coefficient (Wildman–Crippen LogP) is -5.78. The van der Waals surface area contributed by atoms with Gasteiger partial charge in [-0.1, -0.05) is 0 Å². The van der Waals surface area contributed by atoms with Crippen LogP contribution >= 0.6 is 23.5 Å². The van der Waals surface area contributed by atoms with Crippen molar-refractivity contribution in [2.75, 3.05) is 35.9 Å². The van der Waals surface area contributed by atoms with Crippen LogP contribution < -0.4 is 21.1 Å². The number of anilines is 3. The molecule has 0 aliphatic carbocycles. The van der Waals surface area contributed by atoms with E-state index in [-0.39, 0.29) is 18.4 Å². The number of ether oxygens (including phenoxy) is 1. The molecule has 22 nitrogen and oxygen atoms in total. The number of nitrogens with two attached hydrogens (primary N) is 1. The topological polar surface area (TPSA) is 381 Å². The maximum absolute atomic E-state index is 11.9. The van der Waals surface area contributed by atoms with E-state index in [0.717, 1.165) is 0 Å². The molecule has 1 aromatic rings. The molecule has 3 heterocycles. The van der Waals surface area contributed by atoms with Gasteiger partial charge in [0.25, 0.3) is 5.56 Å². The van der Waals surface area contributed by atoms with Crippen LogP contribution in [0.2, 0.25) is 0 Å². The molecule has 0 spiro atoms. The first kappa shape index (κ1) is 34.5. The van der Waals surface area contributed by atoms with Gasteiger partial charge >= 0.3 is 23.5 Å². The van der Waals surface area contributed by atoms with Crippen LogP contribution in [-0.2, 0) is 18.4 Å². The Morgan fingerprint density at radius 3 is 1.75 bits per heavy atom. The Kier molecular flexibility index (Phi) is 12.7. The Morgan fingerprint density at radius 2 is 1.39 bits per heavy atom. The fourth-order valence-corrected chi connectivity index (χ4v) is 2.72. The van der Waals surface area contributed by atoms with Gasteiger partial charge in [0, 0.05) is 7.05 Å². The van der Waals surface area contributed by atoms with Crippen molar-refractivity contribution < 1.29 is 77.8 Å². The number of hydrogen-bond acceptors (Lipinski definition) is 12. The number of aliphatic hydroxyl groups is 3. The lowest BCUT2D eigenvalue weighted by atomic mass is 10.1. The average molecular weight is 593 g/mol. The van der Waals surface area contributed by atoms with Gasteiger partial charge in [0.05, 0.1) is 13.3 Å². The van der Waals surface area contributed by atoms with Crippen LogP contribution in [-0.4, -0.2) is 114 Å². The smallest absolute Gasteiger partial charge is 0.394 e. The lowest BCUT2D eigenvalue weighted by Gasteiger charge is -2.27. The van der Waals surface area contributed by atoms with Gasteiger partial charge in [-0.25, -0.2) is 13.7 Å². The molecule has 3 rings (SSSR count).